The molecule has 6 nitrogen and oxygen atoms in total. The van der Waals surface area contributed by atoms with E-state index in [0.29, 0.717) is 24.8 Å². The van der Waals surface area contributed by atoms with Gasteiger partial charge in [-0.3, -0.25) is 0 Å². The number of guanidine groups is 1. The summed E-state index contributed by atoms with van der Waals surface area (Å²) in [5.74, 6) is 1.75. The summed E-state index contributed by atoms with van der Waals surface area (Å²) in [6, 6.07) is 7.89. The van der Waals surface area contributed by atoms with Crippen molar-refractivity contribution in [2.45, 2.75) is 39.8 Å². The van der Waals surface area contributed by atoms with Crippen LogP contribution in [0.25, 0.3) is 0 Å². The summed E-state index contributed by atoms with van der Waals surface area (Å²) < 4.78 is 23.9. The molecule has 0 aliphatic rings. The average Bonchev–Trinajstić information content (AvgIpc) is 3.07. The quantitative estimate of drug-likeness (QED) is 0.347. The van der Waals surface area contributed by atoms with Crippen molar-refractivity contribution in [1.82, 2.24) is 15.8 Å². The normalized spacial score (nSPS) is 12.2. The Morgan fingerprint density at radius 3 is 2.62 bits per heavy atom. The van der Waals surface area contributed by atoms with Gasteiger partial charge in [0, 0.05) is 12.6 Å². The van der Waals surface area contributed by atoms with Crippen molar-refractivity contribution in [3.8, 4) is 5.75 Å². The van der Waals surface area contributed by atoms with E-state index in [1.165, 1.54) is 12.1 Å². The molecule has 26 heavy (non-hydrogen) atoms. The summed E-state index contributed by atoms with van der Waals surface area (Å²) in [7, 11) is 0. The first-order chi connectivity index (χ1) is 12.1. The van der Waals surface area contributed by atoms with E-state index < -0.39 is 0 Å². The van der Waals surface area contributed by atoms with Crippen molar-refractivity contribution in [2.24, 2.45) is 4.99 Å². The Hall–Kier alpha value is -1.84. The van der Waals surface area contributed by atoms with Crippen molar-refractivity contribution in [2.75, 3.05) is 13.1 Å². The molecule has 0 bridgehead atoms. The van der Waals surface area contributed by atoms with Crippen LogP contribution in [0, 0.1) is 5.82 Å². The number of rotatable bonds is 8. The molecule has 2 N–H and O–H groups in total. The lowest BCUT2D eigenvalue weighted by atomic mass is 10.3. The third kappa shape index (κ3) is 7.59. The maximum atomic E-state index is 12.9. The lowest BCUT2D eigenvalue weighted by Crippen LogP contribution is -2.41. The molecular weight excluding hydrogens is 450 g/mol. The van der Waals surface area contributed by atoms with E-state index in [-0.39, 0.29) is 35.9 Å². The lowest BCUT2D eigenvalue weighted by molar-refractivity contribution is 0.223. The fourth-order valence-corrected chi connectivity index (χ4v) is 2.12. The molecule has 0 spiro atoms. The number of aromatic nitrogens is 1. The third-order valence-corrected chi connectivity index (χ3v) is 3.42. The van der Waals surface area contributed by atoms with E-state index in [1.54, 1.807) is 12.1 Å². The van der Waals surface area contributed by atoms with Crippen molar-refractivity contribution in [3.63, 3.8) is 0 Å². The molecule has 0 saturated carbocycles. The summed E-state index contributed by atoms with van der Waals surface area (Å²) in [5.41, 5.74) is 0.921. The number of nitrogens with one attached hydrogen (secondary N) is 2. The van der Waals surface area contributed by atoms with Crippen molar-refractivity contribution in [1.29, 1.82) is 0 Å². The van der Waals surface area contributed by atoms with Gasteiger partial charge in [-0.2, -0.15) is 0 Å². The van der Waals surface area contributed by atoms with E-state index in [4.69, 9.17) is 9.26 Å². The Kier molecular flexibility index (Phi) is 10.0. The first-order valence-electron chi connectivity index (χ1n) is 8.49. The van der Waals surface area contributed by atoms with Crippen molar-refractivity contribution >= 4 is 29.9 Å². The molecule has 2 rings (SSSR count). The van der Waals surface area contributed by atoms with Crippen LogP contribution in [0.4, 0.5) is 4.39 Å². The number of aliphatic imine (C=N–C) groups is 1. The molecule has 0 aliphatic heterocycles. The highest BCUT2D eigenvalue weighted by Gasteiger charge is 2.07. The number of ether oxygens (including phenoxy) is 1. The van der Waals surface area contributed by atoms with Crippen LogP contribution in [0.1, 0.15) is 32.2 Å². The first-order valence-corrected chi connectivity index (χ1v) is 8.49. The third-order valence-electron chi connectivity index (χ3n) is 3.42. The van der Waals surface area contributed by atoms with Gasteiger partial charge >= 0.3 is 0 Å². The van der Waals surface area contributed by atoms with Crippen molar-refractivity contribution in [3.05, 3.63) is 47.6 Å². The van der Waals surface area contributed by atoms with Crippen LogP contribution >= 0.6 is 24.0 Å². The predicted octanol–water partition coefficient (Wildman–Crippen LogP) is 3.52. The highest BCUT2D eigenvalue weighted by Crippen LogP contribution is 2.12. The topological polar surface area (TPSA) is 71.7 Å². The second-order valence-corrected chi connectivity index (χ2v) is 5.60. The van der Waals surface area contributed by atoms with Gasteiger partial charge in [0.1, 0.15) is 24.2 Å². The SMILES string of the molecule is CCNC(=NCc1cc(CC)no1)NCC(C)Oc1ccc(F)cc1.I. The predicted molar refractivity (Wildman–Crippen MR) is 111 cm³/mol. The molecule has 0 radical (unpaired) electrons. The van der Waals surface area contributed by atoms with Gasteiger partial charge < -0.3 is 19.9 Å². The maximum absolute atomic E-state index is 12.9. The first kappa shape index (κ1) is 22.2. The number of hydrogen-bond donors (Lipinski definition) is 2. The Labute approximate surface area is 170 Å². The van der Waals surface area contributed by atoms with Gasteiger partial charge in [-0.05, 0) is 44.5 Å². The fourth-order valence-electron chi connectivity index (χ4n) is 2.12. The molecule has 1 atom stereocenters. The molecule has 0 saturated heterocycles. The van der Waals surface area contributed by atoms with Gasteiger partial charge in [-0.1, -0.05) is 12.1 Å². The standard InChI is InChI=1S/C18H25FN4O2.HI/c1-4-15-10-17(25-23-15)12-22-18(20-5-2)21-11-13(3)24-16-8-6-14(19)7-9-16;/h6-10,13H,4-5,11-12H2,1-3H3,(H2,20,21,22);1H. The van der Waals surface area contributed by atoms with Crippen LogP contribution in [-0.4, -0.2) is 30.3 Å². The largest absolute Gasteiger partial charge is 0.489 e. The molecule has 2 aromatic rings. The molecule has 144 valence electrons. The number of halogens is 2. The van der Waals surface area contributed by atoms with E-state index >= 15 is 0 Å². The second kappa shape index (κ2) is 11.7. The highest BCUT2D eigenvalue weighted by molar-refractivity contribution is 14.0. The van der Waals surface area contributed by atoms with E-state index in [0.717, 1.165) is 24.4 Å². The van der Waals surface area contributed by atoms with Gasteiger partial charge in [-0.15, -0.1) is 24.0 Å². The summed E-state index contributed by atoms with van der Waals surface area (Å²) in [6.07, 6.45) is 0.732. The Bertz CT molecular complexity index is 676. The van der Waals surface area contributed by atoms with Crippen LogP contribution in [0.2, 0.25) is 0 Å². The van der Waals surface area contributed by atoms with Gasteiger partial charge in [0.05, 0.1) is 12.2 Å². The van der Waals surface area contributed by atoms with Crippen LogP contribution in [0.15, 0.2) is 39.8 Å². The molecule has 0 aliphatic carbocycles. The van der Waals surface area contributed by atoms with Gasteiger partial charge in [-0.25, -0.2) is 9.38 Å². The molecule has 8 heteroatoms. The van der Waals surface area contributed by atoms with E-state index in [1.807, 2.05) is 26.8 Å². The Balaban J connectivity index is 0.00000338. The molecular formula is C18H26FIN4O2. The van der Waals surface area contributed by atoms with E-state index in [2.05, 4.69) is 20.8 Å². The molecule has 0 amide bonds. The van der Waals surface area contributed by atoms with Crippen molar-refractivity contribution < 1.29 is 13.7 Å². The van der Waals surface area contributed by atoms with Gasteiger partial charge in [0.25, 0.3) is 0 Å². The molecule has 1 heterocycles. The minimum absolute atomic E-state index is 0. The Morgan fingerprint density at radius 2 is 2.00 bits per heavy atom. The Morgan fingerprint density at radius 1 is 1.27 bits per heavy atom. The summed E-state index contributed by atoms with van der Waals surface area (Å²) >= 11 is 0. The zero-order chi connectivity index (χ0) is 18.1. The number of nitrogens with zero attached hydrogens (tertiary/aromatic N) is 2. The minimum Gasteiger partial charge on any atom is -0.489 e. The van der Waals surface area contributed by atoms with Crippen LogP contribution in [-0.2, 0) is 13.0 Å². The van der Waals surface area contributed by atoms with Crippen LogP contribution in [0.5, 0.6) is 5.75 Å². The molecule has 0 fully saturated rings. The number of benzene rings is 1. The molecule has 1 unspecified atom stereocenters. The fraction of sp³-hybridized carbons (Fsp3) is 0.444. The zero-order valence-electron chi connectivity index (χ0n) is 15.3. The number of aryl methyl sites for hydroxylation is 1. The monoisotopic (exact) mass is 476 g/mol. The molecule has 1 aromatic carbocycles. The minimum atomic E-state index is -0.279. The highest BCUT2D eigenvalue weighted by atomic mass is 127. The average molecular weight is 476 g/mol. The summed E-state index contributed by atoms with van der Waals surface area (Å²) in [6.45, 7) is 7.67. The van der Waals surface area contributed by atoms with E-state index in [9.17, 15) is 4.39 Å². The lowest BCUT2D eigenvalue weighted by Gasteiger charge is -2.17. The van der Waals surface area contributed by atoms with Crippen LogP contribution < -0.4 is 15.4 Å². The summed E-state index contributed by atoms with van der Waals surface area (Å²) in [4.78, 5) is 4.48. The zero-order valence-corrected chi connectivity index (χ0v) is 17.6. The van der Waals surface area contributed by atoms with Gasteiger partial charge in [0.15, 0.2) is 11.7 Å². The summed E-state index contributed by atoms with van der Waals surface area (Å²) in [5, 5.41) is 10.3. The number of hydrogen-bond acceptors (Lipinski definition) is 4. The second-order valence-electron chi connectivity index (χ2n) is 5.60. The van der Waals surface area contributed by atoms with Crippen LogP contribution in [0.3, 0.4) is 0 Å². The van der Waals surface area contributed by atoms with Gasteiger partial charge in [0.2, 0.25) is 0 Å². The maximum Gasteiger partial charge on any atom is 0.191 e. The molecule has 1 aromatic heterocycles. The smallest absolute Gasteiger partial charge is 0.191 e.